The van der Waals surface area contributed by atoms with Gasteiger partial charge in [-0.3, -0.25) is 0 Å². The molecule has 28 heavy (non-hydrogen) atoms. The second-order valence-corrected chi connectivity index (χ2v) is 7.51. The van der Waals surface area contributed by atoms with Crippen molar-refractivity contribution in [3.05, 3.63) is 53.2 Å². The quantitative estimate of drug-likeness (QED) is 0.338. The lowest BCUT2D eigenvalue weighted by atomic mass is 9.94. The van der Waals surface area contributed by atoms with E-state index in [-0.39, 0.29) is 35.3 Å². The van der Waals surface area contributed by atoms with Gasteiger partial charge in [0.05, 0.1) is 6.20 Å². The van der Waals surface area contributed by atoms with Gasteiger partial charge in [-0.05, 0) is 18.6 Å². The van der Waals surface area contributed by atoms with E-state index < -0.39 is 11.6 Å². The van der Waals surface area contributed by atoms with Crippen molar-refractivity contribution in [3.8, 4) is 0 Å². The molecule has 5 nitrogen and oxygen atoms in total. The summed E-state index contributed by atoms with van der Waals surface area (Å²) in [6.07, 6.45) is 1.73. The third-order valence-electron chi connectivity index (χ3n) is 4.08. The SMILES string of the molecule is CCNC(=NCc1ncc(C(C)(C)C)o1)NCC(C)c1ccc(F)cc1F.I. The normalized spacial score (nSPS) is 13.0. The summed E-state index contributed by atoms with van der Waals surface area (Å²) in [4.78, 5) is 8.73. The molecule has 0 amide bonds. The summed E-state index contributed by atoms with van der Waals surface area (Å²) >= 11 is 0. The Kier molecular flexibility index (Phi) is 9.32. The van der Waals surface area contributed by atoms with Gasteiger partial charge in [-0.1, -0.05) is 33.8 Å². The molecule has 1 aromatic carbocycles. The summed E-state index contributed by atoms with van der Waals surface area (Å²) in [6, 6.07) is 3.64. The minimum atomic E-state index is -0.577. The van der Waals surface area contributed by atoms with Crippen molar-refractivity contribution in [1.29, 1.82) is 0 Å². The number of rotatable bonds is 6. The molecular formula is C20H29F2IN4O. The molecule has 0 aliphatic rings. The molecule has 0 saturated carbocycles. The topological polar surface area (TPSA) is 62.5 Å². The number of nitrogens with one attached hydrogen (secondary N) is 2. The van der Waals surface area contributed by atoms with Gasteiger partial charge in [0.15, 0.2) is 5.96 Å². The molecule has 1 atom stereocenters. The van der Waals surface area contributed by atoms with Crippen molar-refractivity contribution in [2.24, 2.45) is 4.99 Å². The highest BCUT2D eigenvalue weighted by atomic mass is 127. The maximum absolute atomic E-state index is 13.9. The zero-order chi connectivity index (χ0) is 20.0. The highest BCUT2D eigenvalue weighted by Gasteiger charge is 2.19. The summed E-state index contributed by atoms with van der Waals surface area (Å²) in [6.45, 7) is 11.4. The van der Waals surface area contributed by atoms with E-state index in [0.717, 1.165) is 11.8 Å². The molecule has 2 rings (SSSR count). The predicted molar refractivity (Wildman–Crippen MR) is 118 cm³/mol. The molecule has 8 heteroatoms. The molecule has 0 aliphatic heterocycles. The van der Waals surface area contributed by atoms with Crippen LogP contribution in [0.15, 0.2) is 33.8 Å². The summed E-state index contributed by atoms with van der Waals surface area (Å²) in [7, 11) is 0. The summed E-state index contributed by atoms with van der Waals surface area (Å²) < 4.78 is 32.7. The van der Waals surface area contributed by atoms with Crippen LogP contribution in [0, 0.1) is 11.6 Å². The number of guanidine groups is 1. The number of benzene rings is 1. The average molecular weight is 506 g/mol. The standard InChI is InChI=1S/C20H28F2N4O.HI/c1-6-23-19(26-12-18-24-11-17(27-18)20(3,4)5)25-10-13(2)15-8-7-14(21)9-16(15)22;/h7-9,11,13H,6,10,12H2,1-5H3,(H2,23,25,26);1H. The number of aliphatic imine (C=N–C) groups is 1. The first kappa shape index (κ1) is 24.3. The largest absolute Gasteiger partial charge is 0.443 e. The molecule has 0 bridgehead atoms. The molecule has 1 aromatic heterocycles. The number of halogens is 3. The van der Waals surface area contributed by atoms with E-state index in [1.807, 2.05) is 13.8 Å². The Morgan fingerprint density at radius 1 is 1.25 bits per heavy atom. The number of nitrogens with zero attached hydrogens (tertiary/aromatic N) is 2. The molecule has 1 unspecified atom stereocenters. The molecular weight excluding hydrogens is 477 g/mol. The molecule has 0 aliphatic carbocycles. The first-order chi connectivity index (χ1) is 12.7. The van der Waals surface area contributed by atoms with E-state index in [0.29, 0.717) is 37.0 Å². The van der Waals surface area contributed by atoms with E-state index >= 15 is 0 Å². The van der Waals surface area contributed by atoms with Gasteiger partial charge in [-0.25, -0.2) is 18.8 Å². The van der Waals surface area contributed by atoms with Crippen LogP contribution in [0.5, 0.6) is 0 Å². The molecule has 0 radical (unpaired) electrons. The molecule has 0 saturated heterocycles. The average Bonchev–Trinajstić information content (AvgIpc) is 3.06. The lowest BCUT2D eigenvalue weighted by Gasteiger charge is -2.16. The fourth-order valence-electron chi connectivity index (χ4n) is 2.48. The Balaban J connectivity index is 0.00000392. The predicted octanol–water partition coefficient (Wildman–Crippen LogP) is 4.73. The second kappa shape index (κ2) is 10.7. The van der Waals surface area contributed by atoms with Crippen LogP contribution < -0.4 is 10.6 Å². The van der Waals surface area contributed by atoms with Crippen molar-refractivity contribution in [2.45, 2.75) is 52.5 Å². The fourth-order valence-corrected chi connectivity index (χ4v) is 2.48. The number of aromatic nitrogens is 1. The Bertz CT molecular complexity index is 787. The van der Waals surface area contributed by atoms with Crippen LogP contribution in [-0.2, 0) is 12.0 Å². The van der Waals surface area contributed by atoms with E-state index in [2.05, 4.69) is 41.4 Å². The van der Waals surface area contributed by atoms with Crippen molar-refractivity contribution in [2.75, 3.05) is 13.1 Å². The van der Waals surface area contributed by atoms with Gasteiger partial charge in [0, 0.05) is 30.5 Å². The van der Waals surface area contributed by atoms with Crippen LogP contribution in [0.1, 0.15) is 57.8 Å². The lowest BCUT2D eigenvalue weighted by molar-refractivity contribution is 0.383. The maximum atomic E-state index is 13.9. The van der Waals surface area contributed by atoms with E-state index in [1.54, 1.807) is 6.20 Å². The first-order valence-electron chi connectivity index (χ1n) is 9.13. The van der Waals surface area contributed by atoms with Gasteiger partial charge in [-0.15, -0.1) is 24.0 Å². The van der Waals surface area contributed by atoms with Crippen molar-refractivity contribution >= 4 is 29.9 Å². The third kappa shape index (κ3) is 7.03. The van der Waals surface area contributed by atoms with E-state index in [4.69, 9.17) is 4.42 Å². The smallest absolute Gasteiger partial charge is 0.216 e. The van der Waals surface area contributed by atoms with Crippen molar-refractivity contribution in [1.82, 2.24) is 15.6 Å². The van der Waals surface area contributed by atoms with Gasteiger partial charge >= 0.3 is 0 Å². The van der Waals surface area contributed by atoms with Gasteiger partial charge in [0.25, 0.3) is 0 Å². The van der Waals surface area contributed by atoms with E-state index in [9.17, 15) is 8.78 Å². The summed E-state index contributed by atoms with van der Waals surface area (Å²) in [5.74, 6) is 0.666. The summed E-state index contributed by atoms with van der Waals surface area (Å²) in [5, 5.41) is 6.31. The monoisotopic (exact) mass is 506 g/mol. The van der Waals surface area contributed by atoms with Crippen LogP contribution in [0.2, 0.25) is 0 Å². The highest BCUT2D eigenvalue weighted by Crippen LogP contribution is 2.23. The van der Waals surface area contributed by atoms with E-state index in [1.165, 1.54) is 12.1 Å². The third-order valence-corrected chi connectivity index (χ3v) is 4.08. The van der Waals surface area contributed by atoms with Crippen LogP contribution in [0.4, 0.5) is 8.78 Å². The molecule has 0 fully saturated rings. The number of oxazole rings is 1. The Morgan fingerprint density at radius 2 is 1.96 bits per heavy atom. The van der Waals surface area contributed by atoms with Gasteiger partial charge in [0.1, 0.15) is 23.9 Å². The van der Waals surface area contributed by atoms with Crippen LogP contribution in [-0.4, -0.2) is 24.0 Å². The molecule has 1 heterocycles. The van der Waals surface area contributed by atoms with Crippen molar-refractivity contribution < 1.29 is 13.2 Å². The molecule has 156 valence electrons. The second-order valence-electron chi connectivity index (χ2n) is 7.51. The number of hydrogen-bond acceptors (Lipinski definition) is 3. The Hall–Kier alpha value is -1.71. The first-order valence-corrected chi connectivity index (χ1v) is 9.13. The Morgan fingerprint density at radius 3 is 2.54 bits per heavy atom. The minimum Gasteiger partial charge on any atom is -0.443 e. The molecule has 2 aromatic rings. The summed E-state index contributed by atoms with van der Waals surface area (Å²) in [5.41, 5.74) is 0.356. The number of hydrogen-bond donors (Lipinski definition) is 2. The zero-order valence-corrected chi connectivity index (χ0v) is 19.3. The fraction of sp³-hybridized carbons (Fsp3) is 0.500. The maximum Gasteiger partial charge on any atom is 0.216 e. The van der Waals surface area contributed by atoms with Gasteiger partial charge in [0.2, 0.25) is 5.89 Å². The lowest BCUT2D eigenvalue weighted by Crippen LogP contribution is -2.39. The zero-order valence-electron chi connectivity index (χ0n) is 17.0. The molecule has 2 N–H and O–H groups in total. The Labute approximate surface area is 182 Å². The van der Waals surface area contributed by atoms with Gasteiger partial charge < -0.3 is 15.1 Å². The highest BCUT2D eigenvalue weighted by molar-refractivity contribution is 14.0. The van der Waals surface area contributed by atoms with Gasteiger partial charge in [-0.2, -0.15) is 0 Å². The van der Waals surface area contributed by atoms with Crippen molar-refractivity contribution in [3.63, 3.8) is 0 Å². The minimum absolute atomic E-state index is 0. The van der Waals surface area contributed by atoms with Crippen LogP contribution in [0.3, 0.4) is 0 Å². The van der Waals surface area contributed by atoms with Crippen LogP contribution in [0.25, 0.3) is 0 Å². The van der Waals surface area contributed by atoms with Crippen LogP contribution >= 0.6 is 24.0 Å². The molecule has 0 spiro atoms.